The van der Waals surface area contributed by atoms with Crippen molar-refractivity contribution in [2.24, 2.45) is 0 Å². The summed E-state index contributed by atoms with van der Waals surface area (Å²) >= 11 is 0. The van der Waals surface area contributed by atoms with Crippen molar-refractivity contribution < 1.29 is 4.74 Å². The number of rotatable bonds is 4. The smallest absolute Gasteiger partial charge is 0.123 e. The maximum absolute atomic E-state index is 5.94. The van der Waals surface area contributed by atoms with E-state index in [0.717, 1.165) is 25.3 Å². The van der Waals surface area contributed by atoms with Crippen LogP contribution in [0.25, 0.3) is 0 Å². The van der Waals surface area contributed by atoms with Gasteiger partial charge in [0.05, 0.1) is 0 Å². The monoisotopic (exact) mass is 205 g/mol. The van der Waals surface area contributed by atoms with E-state index in [9.17, 15) is 0 Å². The van der Waals surface area contributed by atoms with Crippen LogP contribution in [0.1, 0.15) is 31.7 Å². The van der Waals surface area contributed by atoms with Gasteiger partial charge < -0.3 is 10.1 Å². The summed E-state index contributed by atoms with van der Waals surface area (Å²) < 4.78 is 5.94. The molecular weight excluding hydrogens is 186 g/mol. The Bertz CT molecular complexity index is 320. The lowest BCUT2D eigenvalue weighted by molar-refractivity contribution is 0.140. The molecule has 0 spiro atoms. The highest BCUT2D eigenvalue weighted by atomic mass is 16.5. The summed E-state index contributed by atoms with van der Waals surface area (Å²) in [5.41, 5.74) is 1.34. The van der Waals surface area contributed by atoms with E-state index >= 15 is 0 Å². The third-order valence-electron chi connectivity index (χ3n) is 3.10. The SMILES string of the molecule is CC[C@@H](C)c1ccccc1OC1CNC1. The van der Waals surface area contributed by atoms with Gasteiger partial charge in [-0.25, -0.2) is 0 Å². The van der Waals surface area contributed by atoms with Gasteiger partial charge in [-0.3, -0.25) is 0 Å². The topological polar surface area (TPSA) is 21.3 Å². The molecule has 0 aromatic heterocycles. The highest BCUT2D eigenvalue weighted by Gasteiger charge is 2.20. The van der Waals surface area contributed by atoms with Crippen LogP contribution < -0.4 is 10.1 Å². The van der Waals surface area contributed by atoms with Gasteiger partial charge >= 0.3 is 0 Å². The largest absolute Gasteiger partial charge is 0.487 e. The third-order valence-corrected chi connectivity index (χ3v) is 3.10. The van der Waals surface area contributed by atoms with Crippen LogP contribution in [-0.4, -0.2) is 19.2 Å². The average Bonchev–Trinajstić information content (AvgIpc) is 2.23. The Morgan fingerprint density at radius 2 is 2.13 bits per heavy atom. The lowest BCUT2D eigenvalue weighted by Gasteiger charge is -2.29. The van der Waals surface area contributed by atoms with E-state index < -0.39 is 0 Å². The van der Waals surface area contributed by atoms with Gasteiger partial charge in [0.15, 0.2) is 0 Å². The Kier molecular flexibility index (Phi) is 3.27. The molecule has 1 saturated heterocycles. The predicted molar refractivity (Wildman–Crippen MR) is 62.4 cm³/mol. The summed E-state index contributed by atoms with van der Waals surface area (Å²) in [4.78, 5) is 0. The minimum absolute atomic E-state index is 0.371. The zero-order valence-corrected chi connectivity index (χ0v) is 9.49. The van der Waals surface area contributed by atoms with Gasteiger partial charge in [0, 0.05) is 13.1 Å². The predicted octanol–water partition coefficient (Wildman–Crippen LogP) is 2.55. The molecule has 0 bridgehead atoms. The fourth-order valence-corrected chi connectivity index (χ4v) is 1.74. The van der Waals surface area contributed by atoms with E-state index in [2.05, 4.69) is 37.4 Å². The first-order valence-electron chi connectivity index (χ1n) is 5.77. The fraction of sp³-hybridized carbons (Fsp3) is 0.538. The first-order valence-corrected chi connectivity index (χ1v) is 5.77. The fourth-order valence-electron chi connectivity index (χ4n) is 1.74. The molecule has 0 radical (unpaired) electrons. The highest BCUT2D eigenvalue weighted by molar-refractivity contribution is 5.36. The molecule has 1 N–H and O–H groups in total. The van der Waals surface area contributed by atoms with Crippen LogP contribution >= 0.6 is 0 Å². The molecule has 1 fully saturated rings. The molecule has 15 heavy (non-hydrogen) atoms. The van der Waals surface area contributed by atoms with Crippen molar-refractivity contribution in [1.82, 2.24) is 5.32 Å². The maximum atomic E-state index is 5.94. The van der Waals surface area contributed by atoms with Crippen LogP contribution in [-0.2, 0) is 0 Å². The molecule has 1 aromatic carbocycles. The average molecular weight is 205 g/mol. The van der Waals surface area contributed by atoms with Crippen LogP contribution in [0.5, 0.6) is 5.75 Å². The van der Waals surface area contributed by atoms with Crippen molar-refractivity contribution in [2.75, 3.05) is 13.1 Å². The van der Waals surface area contributed by atoms with Crippen molar-refractivity contribution in [3.05, 3.63) is 29.8 Å². The van der Waals surface area contributed by atoms with Crippen molar-refractivity contribution in [3.63, 3.8) is 0 Å². The molecule has 0 saturated carbocycles. The zero-order valence-electron chi connectivity index (χ0n) is 9.49. The van der Waals surface area contributed by atoms with E-state index in [0.29, 0.717) is 12.0 Å². The quantitative estimate of drug-likeness (QED) is 0.815. The first kappa shape index (κ1) is 10.5. The molecule has 2 rings (SSSR count). The van der Waals surface area contributed by atoms with Gasteiger partial charge in [-0.2, -0.15) is 0 Å². The molecule has 0 amide bonds. The Labute approximate surface area is 91.6 Å². The van der Waals surface area contributed by atoms with Gasteiger partial charge in [-0.1, -0.05) is 32.0 Å². The molecule has 1 atom stereocenters. The molecular formula is C13H19NO. The molecule has 2 nitrogen and oxygen atoms in total. The molecule has 1 aliphatic rings. The van der Waals surface area contributed by atoms with Crippen LogP contribution in [0.4, 0.5) is 0 Å². The third kappa shape index (κ3) is 2.32. The van der Waals surface area contributed by atoms with E-state index in [1.807, 2.05) is 6.07 Å². The number of hydrogen-bond acceptors (Lipinski definition) is 2. The number of hydrogen-bond donors (Lipinski definition) is 1. The van der Waals surface area contributed by atoms with Crippen LogP contribution in [0.2, 0.25) is 0 Å². The normalized spacial score (nSPS) is 18.3. The standard InChI is InChI=1S/C13H19NO/c1-3-10(2)12-6-4-5-7-13(12)15-11-8-14-9-11/h4-7,10-11,14H,3,8-9H2,1-2H3/t10-/m1/s1. The molecule has 0 aliphatic carbocycles. The Hall–Kier alpha value is -1.02. The van der Waals surface area contributed by atoms with Crippen molar-refractivity contribution in [1.29, 1.82) is 0 Å². The van der Waals surface area contributed by atoms with Gasteiger partial charge in [-0.15, -0.1) is 0 Å². The van der Waals surface area contributed by atoms with E-state index in [4.69, 9.17) is 4.74 Å². The Balaban J connectivity index is 2.13. The number of benzene rings is 1. The maximum Gasteiger partial charge on any atom is 0.123 e. The lowest BCUT2D eigenvalue weighted by Crippen LogP contribution is -2.50. The van der Waals surface area contributed by atoms with Crippen LogP contribution in [0.3, 0.4) is 0 Å². The van der Waals surface area contributed by atoms with Gasteiger partial charge in [0.1, 0.15) is 11.9 Å². The molecule has 1 aliphatic heterocycles. The van der Waals surface area contributed by atoms with E-state index in [1.54, 1.807) is 0 Å². The Morgan fingerprint density at radius 1 is 1.40 bits per heavy atom. The summed E-state index contributed by atoms with van der Waals surface area (Å²) in [7, 11) is 0. The van der Waals surface area contributed by atoms with Crippen LogP contribution in [0, 0.1) is 0 Å². The number of nitrogens with one attached hydrogen (secondary N) is 1. The number of ether oxygens (including phenoxy) is 1. The first-order chi connectivity index (χ1) is 7.31. The molecule has 2 heteroatoms. The second-order valence-corrected chi connectivity index (χ2v) is 4.25. The minimum atomic E-state index is 0.371. The summed E-state index contributed by atoms with van der Waals surface area (Å²) in [5, 5.41) is 3.22. The van der Waals surface area contributed by atoms with Crippen molar-refractivity contribution in [3.8, 4) is 5.75 Å². The van der Waals surface area contributed by atoms with Gasteiger partial charge in [0.2, 0.25) is 0 Å². The van der Waals surface area contributed by atoms with Crippen molar-refractivity contribution >= 4 is 0 Å². The van der Waals surface area contributed by atoms with Crippen LogP contribution in [0.15, 0.2) is 24.3 Å². The van der Waals surface area contributed by atoms with Gasteiger partial charge in [-0.05, 0) is 24.0 Å². The number of para-hydroxylation sites is 1. The van der Waals surface area contributed by atoms with Crippen molar-refractivity contribution in [2.45, 2.75) is 32.3 Å². The Morgan fingerprint density at radius 3 is 2.73 bits per heavy atom. The van der Waals surface area contributed by atoms with Gasteiger partial charge in [0.25, 0.3) is 0 Å². The molecule has 1 aromatic rings. The molecule has 1 heterocycles. The second-order valence-electron chi connectivity index (χ2n) is 4.25. The highest BCUT2D eigenvalue weighted by Crippen LogP contribution is 2.29. The molecule has 0 unspecified atom stereocenters. The molecule has 82 valence electrons. The second kappa shape index (κ2) is 4.67. The summed E-state index contributed by atoms with van der Waals surface area (Å²) in [6, 6.07) is 8.40. The lowest BCUT2D eigenvalue weighted by atomic mass is 9.98. The minimum Gasteiger partial charge on any atom is -0.487 e. The summed E-state index contributed by atoms with van der Waals surface area (Å²) in [6.45, 7) is 6.43. The van der Waals surface area contributed by atoms with E-state index in [1.165, 1.54) is 5.56 Å². The summed E-state index contributed by atoms with van der Waals surface area (Å²) in [6.07, 6.45) is 1.53. The zero-order chi connectivity index (χ0) is 10.7. The van der Waals surface area contributed by atoms with E-state index in [-0.39, 0.29) is 0 Å². The summed E-state index contributed by atoms with van der Waals surface area (Å²) in [5.74, 6) is 1.65.